The van der Waals surface area contributed by atoms with E-state index < -0.39 is 0 Å². The van der Waals surface area contributed by atoms with E-state index in [1.165, 1.54) is 69.2 Å². The molecule has 0 saturated carbocycles. The average Bonchev–Trinajstić information content (AvgIpc) is 3.04. The molecule has 0 saturated heterocycles. The average molecular weight is 356 g/mol. The van der Waals surface area contributed by atoms with Crippen LogP contribution in [0.15, 0.2) is 42.7 Å². The second-order valence-electron chi connectivity index (χ2n) is 7.95. The Morgan fingerprint density at radius 3 is 2.08 bits per heavy atom. The van der Waals surface area contributed by atoms with E-state index in [4.69, 9.17) is 0 Å². The fourth-order valence-electron chi connectivity index (χ4n) is 3.84. The summed E-state index contributed by atoms with van der Waals surface area (Å²) in [5.74, 6) is 2.00. The predicted molar refractivity (Wildman–Crippen MR) is 111 cm³/mol. The van der Waals surface area contributed by atoms with E-state index in [0.29, 0.717) is 5.92 Å². The van der Waals surface area contributed by atoms with Crippen molar-refractivity contribution in [3.8, 4) is 0 Å². The van der Waals surface area contributed by atoms with Crippen molar-refractivity contribution < 1.29 is 4.57 Å². The first-order valence-electron chi connectivity index (χ1n) is 10.8. The van der Waals surface area contributed by atoms with Crippen molar-refractivity contribution in [1.82, 2.24) is 4.57 Å². The maximum atomic E-state index is 2.48. The fraction of sp³-hybridized carbons (Fsp3) is 0.625. The third kappa shape index (κ3) is 6.97. The highest BCUT2D eigenvalue weighted by atomic mass is 15.1. The first kappa shape index (κ1) is 20.7. The molecular weight excluding hydrogens is 316 g/mol. The van der Waals surface area contributed by atoms with Gasteiger partial charge in [0, 0.05) is 0 Å². The third-order valence-electron chi connectivity index (χ3n) is 5.23. The van der Waals surface area contributed by atoms with Crippen molar-refractivity contribution in [3.05, 3.63) is 54.1 Å². The summed E-state index contributed by atoms with van der Waals surface area (Å²) >= 11 is 0. The molecule has 1 aromatic heterocycles. The molecule has 0 aliphatic carbocycles. The first-order chi connectivity index (χ1) is 12.7. The number of unbranched alkanes of at least 4 members (excludes halogenated alkanes) is 8. The topological polar surface area (TPSA) is 8.81 Å². The van der Waals surface area contributed by atoms with Crippen LogP contribution in [-0.4, -0.2) is 4.57 Å². The van der Waals surface area contributed by atoms with E-state index in [1.54, 1.807) is 0 Å². The smallest absolute Gasteiger partial charge is 0.234 e. The Hall–Kier alpha value is -1.57. The molecule has 0 aliphatic rings. The summed E-state index contributed by atoms with van der Waals surface area (Å²) in [6, 6.07) is 10.8. The van der Waals surface area contributed by atoms with Crippen LogP contribution in [0.5, 0.6) is 0 Å². The Labute approximate surface area is 161 Å². The van der Waals surface area contributed by atoms with Crippen LogP contribution in [0.4, 0.5) is 0 Å². The molecule has 0 N–H and O–H groups in total. The van der Waals surface area contributed by atoms with E-state index in [9.17, 15) is 0 Å². The van der Waals surface area contributed by atoms with E-state index in [-0.39, 0.29) is 0 Å². The molecule has 0 aliphatic heterocycles. The highest BCUT2D eigenvalue weighted by Gasteiger charge is 2.20. The number of hydrogen-bond donors (Lipinski definition) is 0. The number of benzene rings is 1. The van der Waals surface area contributed by atoms with Crippen molar-refractivity contribution in [2.75, 3.05) is 0 Å². The summed E-state index contributed by atoms with van der Waals surface area (Å²) in [7, 11) is 0. The Kier molecular flexibility index (Phi) is 9.52. The first-order valence-corrected chi connectivity index (χ1v) is 10.8. The fourth-order valence-corrected chi connectivity index (χ4v) is 3.84. The summed E-state index contributed by atoms with van der Waals surface area (Å²) < 4.78 is 4.91. The molecule has 2 rings (SSSR count). The molecule has 1 heterocycles. The molecule has 2 nitrogen and oxygen atoms in total. The summed E-state index contributed by atoms with van der Waals surface area (Å²) in [5, 5.41) is 0. The zero-order chi connectivity index (χ0) is 18.6. The molecule has 0 atom stereocenters. The van der Waals surface area contributed by atoms with E-state index >= 15 is 0 Å². The van der Waals surface area contributed by atoms with Gasteiger partial charge in [-0.05, 0) is 18.4 Å². The number of hydrogen-bond acceptors (Lipinski definition) is 0. The number of aromatic nitrogens is 2. The minimum absolute atomic E-state index is 0.548. The summed E-state index contributed by atoms with van der Waals surface area (Å²) in [4.78, 5) is 0. The molecule has 2 aromatic rings. The summed E-state index contributed by atoms with van der Waals surface area (Å²) in [5.41, 5.74) is 1.38. The Morgan fingerprint density at radius 2 is 1.46 bits per heavy atom. The van der Waals surface area contributed by atoms with Gasteiger partial charge in [0.2, 0.25) is 0 Å². The van der Waals surface area contributed by atoms with Crippen molar-refractivity contribution in [3.63, 3.8) is 0 Å². The van der Waals surface area contributed by atoms with Gasteiger partial charge in [-0.25, -0.2) is 9.13 Å². The van der Waals surface area contributed by atoms with Gasteiger partial charge >= 0.3 is 0 Å². The Morgan fingerprint density at radius 1 is 0.846 bits per heavy atom. The van der Waals surface area contributed by atoms with Crippen molar-refractivity contribution in [2.24, 2.45) is 0 Å². The van der Waals surface area contributed by atoms with Crippen LogP contribution in [0, 0.1) is 0 Å². The SMILES string of the molecule is CCCCCCCCCCC[n+]1ccn(Cc2ccccc2)c1C(C)C. The van der Waals surface area contributed by atoms with Crippen LogP contribution in [-0.2, 0) is 13.1 Å². The van der Waals surface area contributed by atoms with E-state index in [2.05, 4.69) is 72.6 Å². The third-order valence-corrected chi connectivity index (χ3v) is 5.23. The number of nitrogens with zero attached hydrogens (tertiary/aromatic N) is 2. The van der Waals surface area contributed by atoms with Crippen molar-refractivity contribution in [2.45, 2.75) is 97.6 Å². The van der Waals surface area contributed by atoms with Crippen LogP contribution >= 0.6 is 0 Å². The van der Waals surface area contributed by atoms with Crippen LogP contribution in [0.25, 0.3) is 0 Å². The number of rotatable bonds is 13. The maximum absolute atomic E-state index is 2.48. The molecule has 0 spiro atoms. The van der Waals surface area contributed by atoms with Crippen molar-refractivity contribution in [1.29, 1.82) is 0 Å². The second kappa shape index (κ2) is 11.9. The quantitative estimate of drug-likeness (QED) is 0.287. The van der Waals surface area contributed by atoms with Gasteiger partial charge in [-0.15, -0.1) is 0 Å². The van der Waals surface area contributed by atoms with Crippen LogP contribution in [0.1, 0.15) is 95.9 Å². The van der Waals surface area contributed by atoms with E-state index in [0.717, 1.165) is 13.1 Å². The molecule has 1 aromatic carbocycles. The lowest BCUT2D eigenvalue weighted by molar-refractivity contribution is -0.705. The second-order valence-corrected chi connectivity index (χ2v) is 7.95. The zero-order valence-electron chi connectivity index (χ0n) is 17.3. The minimum atomic E-state index is 0.548. The number of aryl methyl sites for hydroxylation is 1. The molecule has 0 amide bonds. The standard InChI is InChI=1S/C24H39N2/c1-4-5-6-7-8-9-10-11-15-18-25-19-20-26(24(25)22(2)3)21-23-16-13-12-14-17-23/h12-14,16-17,19-20,22H,4-11,15,18,21H2,1-3H3/q+1. The highest BCUT2D eigenvalue weighted by Crippen LogP contribution is 2.14. The maximum Gasteiger partial charge on any atom is 0.259 e. The van der Waals surface area contributed by atoms with Gasteiger partial charge in [0.15, 0.2) is 0 Å². The monoisotopic (exact) mass is 355 g/mol. The normalized spacial score (nSPS) is 11.4. The Balaban J connectivity index is 1.77. The van der Waals surface area contributed by atoms with Crippen molar-refractivity contribution >= 4 is 0 Å². The predicted octanol–water partition coefficient (Wildman–Crippen LogP) is 6.48. The molecule has 0 unspecified atom stereocenters. The van der Waals surface area contributed by atoms with Gasteiger partial charge in [-0.2, -0.15) is 0 Å². The van der Waals surface area contributed by atoms with Gasteiger partial charge < -0.3 is 0 Å². The molecular formula is C24H39N2+. The minimum Gasteiger partial charge on any atom is -0.234 e. The number of imidazole rings is 1. The van der Waals surface area contributed by atoms with Gasteiger partial charge in [-0.3, -0.25) is 0 Å². The zero-order valence-corrected chi connectivity index (χ0v) is 17.3. The van der Waals surface area contributed by atoms with Gasteiger partial charge in [0.1, 0.15) is 18.9 Å². The van der Waals surface area contributed by atoms with Gasteiger partial charge in [0.25, 0.3) is 5.82 Å². The molecule has 26 heavy (non-hydrogen) atoms. The molecule has 0 fully saturated rings. The lowest BCUT2D eigenvalue weighted by atomic mass is 10.1. The lowest BCUT2D eigenvalue weighted by Gasteiger charge is -2.08. The van der Waals surface area contributed by atoms with Crippen LogP contribution < -0.4 is 4.57 Å². The van der Waals surface area contributed by atoms with Crippen LogP contribution in [0.3, 0.4) is 0 Å². The highest BCUT2D eigenvalue weighted by molar-refractivity contribution is 5.15. The molecule has 2 heteroatoms. The largest absolute Gasteiger partial charge is 0.259 e. The van der Waals surface area contributed by atoms with Gasteiger partial charge in [0.05, 0.1) is 12.5 Å². The molecule has 144 valence electrons. The lowest BCUT2D eigenvalue weighted by Crippen LogP contribution is -2.38. The molecule has 0 radical (unpaired) electrons. The van der Waals surface area contributed by atoms with Gasteiger partial charge in [-0.1, -0.05) is 96.0 Å². The Bertz CT molecular complexity index is 598. The summed E-state index contributed by atoms with van der Waals surface area (Å²) in [6.45, 7) is 9.04. The summed E-state index contributed by atoms with van der Waals surface area (Å²) in [6.07, 6.45) is 17.1. The van der Waals surface area contributed by atoms with Crippen LogP contribution in [0.2, 0.25) is 0 Å². The molecule has 0 bridgehead atoms. The van der Waals surface area contributed by atoms with E-state index in [1.807, 2.05) is 0 Å².